The number of aryl methyl sites for hydroxylation is 1. The molecule has 3 nitrogen and oxygen atoms in total. The molecule has 0 fully saturated rings. The van der Waals surface area contributed by atoms with E-state index in [1.54, 1.807) is 0 Å². The minimum Gasteiger partial charge on any atom is -0.304 e. The van der Waals surface area contributed by atoms with Crippen LogP contribution in [0.5, 0.6) is 0 Å². The average molecular weight is 278 g/mol. The molecule has 1 aromatic heterocycles. The lowest BCUT2D eigenvalue weighted by atomic mass is 10.0. The van der Waals surface area contributed by atoms with E-state index in [0.717, 1.165) is 5.02 Å². The summed E-state index contributed by atoms with van der Waals surface area (Å²) in [5.74, 6) is 0. The summed E-state index contributed by atoms with van der Waals surface area (Å²) < 4.78 is 1.90. The summed E-state index contributed by atoms with van der Waals surface area (Å²) in [6, 6.07) is 8.47. The van der Waals surface area contributed by atoms with Crippen molar-refractivity contribution in [3.63, 3.8) is 0 Å². The molecule has 0 saturated heterocycles. The number of hydrogen-bond acceptors (Lipinski definition) is 2. The van der Waals surface area contributed by atoms with Crippen LogP contribution in [0.15, 0.2) is 30.5 Å². The molecule has 0 saturated carbocycles. The van der Waals surface area contributed by atoms with Crippen LogP contribution in [0, 0.1) is 6.92 Å². The van der Waals surface area contributed by atoms with Crippen LogP contribution < -0.4 is 5.32 Å². The molecule has 0 aliphatic rings. The summed E-state index contributed by atoms with van der Waals surface area (Å²) in [5.41, 5.74) is 3.62. The largest absolute Gasteiger partial charge is 0.304 e. The van der Waals surface area contributed by atoms with Gasteiger partial charge in [0.05, 0.1) is 6.20 Å². The fraction of sp³-hybridized carbons (Fsp3) is 0.400. The molecule has 0 aliphatic heterocycles. The molecule has 2 rings (SSSR count). The first kappa shape index (κ1) is 14.1. The second-order valence-electron chi connectivity index (χ2n) is 4.97. The molecule has 1 aromatic carbocycles. The Labute approximate surface area is 119 Å². The Bertz CT molecular complexity index is 562. The van der Waals surface area contributed by atoms with Crippen molar-refractivity contribution in [2.24, 2.45) is 7.05 Å². The number of nitrogens with zero attached hydrogens (tertiary/aromatic N) is 2. The number of halogens is 1. The predicted molar refractivity (Wildman–Crippen MR) is 79.4 cm³/mol. The maximum absolute atomic E-state index is 6.03. The average Bonchev–Trinajstić information content (AvgIpc) is 2.70. The molecule has 102 valence electrons. The molecule has 0 spiro atoms. The Hall–Kier alpha value is -1.32. The molecule has 0 bridgehead atoms. The van der Waals surface area contributed by atoms with Crippen LogP contribution >= 0.6 is 11.6 Å². The van der Waals surface area contributed by atoms with Crippen LogP contribution in [-0.2, 0) is 7.05 Å². The molecule has 0 aliphatic carbocycles. The van der Waals surface area contributed by atoms with Crippen molar-refractivity contribution in [3.05, 3.63) is 52.3 Å². The maximum atomic E-state index is 6.03. The molecular weight excluding hydrogens is 258 g/mol. The van der Waals surface area contributed by atoms with Gasteiger partial charge in [-0.15, -0.1) is 0 Å². The van der Waals surface area contributed by atoms with E-state index in [9.17, 15) is 0 Å². The van der Waals surface area contributed by atoms with Crippen LogP contribution in [0.1, 0.15) is 42.8 Å². The van der Waals surface area contributed by atoms with Gasteiger partial charge in [0, 0.05) is 35.4 Å². The van der Waals surface area contributed by atoms with Crippen molar-refractivity contribution < 1.29 is 0 Å². The molecule has 2 atom stereocenters. The van der Waals surface area contributed by atoms with Gasteiger partial charge in [-0.05, 0) is 38.5 Å². The predicted octanol–water partition coefficient (Wildman–Crippen LogP) is 3.79. The van der Waals surface area contributed by atoms with Gasteiger partial charge in [-0.1, -0.05) is 23.7 Å². The summed E-state index contributed by atoms with van der Waals surface area (Å²) in [4.78, 5) is 0. The van der Waals surface area contributed by atoms with Gasteiger partial charge in [0.25, 0.3) is 0 Å². The third-order valence-electron chi connectivity index (χ3n) is 3.59. The van der Waals surface area contributed by atoms with E-state index in [2.05, 4.69) is 37.3 Å². The van der Waals surface area contributed by atoms with Crippen LogP contribution in [0.2, 0.25) is 5.02 Å². The third-order valence-corrected chi connectivity index (χ3v) is 3.82. The fourth-order valence-corrected chi connectivity index (χ4v) is 2.48. The smallest absolute Gasteiger partial charge is 0.0540 e. The highest BCUT2D eigenvalue weighted by atomic mass is 35.5. The Kier molecular flexibility index (Phi) is 4.27. The normalized spacial score (nSPS) is 14.4. The highest BCUT2D eigenvalue weighted by Gasteiger charge is 2.15. The van der Waals surface area contributed by atoms with Gasteiger partial charge >= 0.3 is 0 Å². The van der Waals surface area contributed by atoms with E-state index in [1.807, 2.05) is 36.1 Å². The number of aromatic nitrogens is 2. The molecule has 0 radical (unpaired) electrons. The Morgan fingerprint density at radius 3 is 2.58 bits per heavy atom. The van der Waals surface area contributed by atoms with Crippen LogP contribution in [-0.4, -0.2) is 9.78 Å². The van der Waals surface area contributed by atoms with E-state index in [1.165, 1.54) is 16.8 Å². The van der Waals surface area contributed by atoms with E-state index in [0.29, 0.717) is 0 Å². The molecule has 1 N–H and O–H groups in total. The molecule has 19 heavy (non-hydrogen) atoms. The lowest BCUT2D eigenvalue weighted by molar-refractivity contribution is 0.492. The van der Waals surface area contributed by atoms with Gasteiger partial charge < -0.3 is 5.32 Å². The second kappa shape index (κ2) is 5.76. The zero-order valence-corrected chi connectivity index (χ0v) is 12.6. The van der Waals surface area contributed by atoms with Crippen LogP contribution in [0.4, 0.5) is 0 Å². The van der Waals surface area contributed by atoms with E-state index in [4.69, 9.17) is 11.6 Å². The molecule has 1 heterocycles. The molecule has 4 heteroatoms. The minimum absolute atomic E-state index is 0.244. The molecule has 0 amide bonds. The lowest BCUT2D eigenvalue weighted by Gasteiger charge is -2.20. The van der Waals surface area contributed by atoms with Crippen molar-refractivity contribution in [1.29, 1.82) is 0 Å². The van der Waals surface area contributed by atoms with Gasteiger partial charge in [-0.25, -0.2) is 0 Å². The van der Waals surface area contributed by atoms with Gasteiger partial charge in [-0.3, -0.25) is 4.68 Å². The second-order valence-corrected chi connectivity index (χ2v) is 5.41. The standard InChI is InChI=1S/C15H20ClN3/c1-10(13-6-5-7-14(16)8-13)18-11(2)15-9-17-19(4)12(15)3/h5-11,18H,1-4H3. The Morgan fingerprint density at radius 2 is 2.00 bits per heavy atom. The summed E-state index contributed by atoms with van der Waals surface area (Å²) in [7, 11) is 1.96. The SMILES string of the molecule is Cc1c(C(C)NC(C)c2cccc(Cl)c2)cnn1C. The zero-order chi connectivity index (χ0) is 14.0. The van der Waals surface area contributed by atoms with Crippen molar-refractivity contribution in [1.82, 2.24) is 15.1 Å². The van der Waals surface area contributed by atoms with E-state index < -0.39 is 0 Å². The quantitative estimate of drug-likeness (QED) is 0.921. The zero-order valence-electron chi connectivity index (χ0n) is 11.8. The van der Waals surface area contributed by atoms with Crippen molar-refractivity contribution in [2.75, 3.05) is 0 Å². The maximum Gasteiger partial charge on any atom is 0.0540 e. The summed E-state index contributed by atoms with van der Waals surface area (Å²) in [5, 5.41) is 8.64. The number of rotatable bonds is 4. The molecule has 2 aromatic rings. The highest BCUT2D eigenvalue weighted by Crippen LogP contribution is 2.22. The lowest BCUT2D eigenvalue weighted by Crippen LogP contribution is -2.22. The highest BCUT2D eigenvalue weighted by molar-refractivity contribution is 6.30. The number of benzene rings is 1. The number of hydrogen-bond donors (Lipinski definition) is 1. The summed E-state index contributed by atoms with van der Waals surface area (Å²) in [6.45, 7) is 6.39. The summed E-state index contributed by atoms with van der Waals surface area (Å²) in [6.07, 6.45) is 1.93. The Morgan fingerprint density at radius 1 is 1.26 bits per heavy atom. The monoisotopic (exact) mass is 277 g/mol. The van der Waals surface area contributed by atoms with Crippen molar-refractivity contribution >= 4 is 11.6 Å². The van der Waals surface area contributed by atoms with Crippen molar-refractivity contribution in [3.8, 4) is 0 Å². The topological polar surface area (TPSA) is 29.9 Å². The van der Waals surface area contributed by atoms with Gasteiger partial charge in [0.2, 0.25) is 0 Å². The minimum atomic E-state index is 0.244. The first-order valence-corrected chi connectivity index (χ1v) is 6.87. The molecule has 2 unspecified atom stereocenters. The summed E-state index contributed by atoms with van der Waals surface area (Å²) >= 11 is 6.03. The van der Waals surface area contributed by atoms with Gasteiger partial charge in [0.1, 0.15) is 0 Å². The third kappa shape index (κ3) is 3.17. The van der Waals surface area contributed by atoms with E-state index in [-0.39, 0.29) is 12.1 Å². The van der Waals surface area contributed by atoms with Gasteiger partial charge in [-0.2, -0.15) is 5.10 Å². The van der Waals surface area contributed by atoms with E-state index >= 15 is 0 Å². The van der Waals surface area contributed by atoms with Gasteiger partial charge in [0.15, 0.2) is 0 Å². The van der Waals surface area contributed by atoms with Crippen LogP contribution in [0.3, 0.4) is 0 Å². The fourth-order valence-electron chi connectivity index (χ4n) is 2.28. The number of nitrogens with one attached hydrogen (secondary N) is 1. The first-order chi connectivity index (χ1) is 8.99. The Balaban J connectivity index is 2.10. The first-order valence-electron chi connectivity index (χ1n) is 6.49. The molecular formula is C15H20ClN3. The van der Waals surface area contributed by atoms with Crippen molar-refractivity contribution in [2.45, 2.75) is 32.9 Å². The van der Waals surface area contributed by atoms with Crippen LogP contribution in [0.25, 0.3) is 0 Å².